The van der Waals surface area contributed by atoms with Crippen molar-refractivity contribution in [2.45, 2.75) is 46.1 Å². The lowest BCUT2D eigenvalue weighted by atomic mass is 9.77. The van der Waals surface area contributed by atoms with Crippen LogP contribution < -0.4 is 10.9 Å². The maximum absolute atomic E-state index is 13.1. The molecule has 0 radical (unpaired) electrons. The molecule has 0 spiro atoms. The summed E-state index contributed by atoms with van der Waals surface area (Å²) < 4.78 is 14.8. The van der Waals surface area contributed by atoms with Crippen molar-refractivity contribution >= 4 is 11.6 Å². The zero-order chi connectivity index (χ0) is 18.7. The van der Waals surface area contributed by atoms with E-state index in [1.54, 1.807) is 10.6 Å². The zero-order valence-corrected chi connectivity index (χ0v) is 15.3. The standard InChI is InChI=1S/C21H25FN2O2/c1-3-11-21(12-4-2)13-23-20-17(9-10-18(25)24(20)14-21)19(26)15-5-7-16(22)8-6-15/h5-10,23H,3-4,11-14H2,1-2H3. The number of fused-ring (bicyclic) bond motifs is 1. The van der Waals surface area contributed by atoms with Gasteiger partial charge in [0.05, 0.1) is 5.56 Å². The van der Waals surface area contributed by atoms with Crippen molar-refractivity contribution in [2.24, 2.45) is 5.41 Å². The third-order valence-corrected chi connectivity index (χ3v) is 5.22. The Morgan fingerprint density at radius 1 is 1.12 bits per heavy atom. The van der Waals surface area contributed by atoms with Crippen LogP contribution in [0.5, 0.6) is 0 Å². The highest BCUT2D eigenvalue weighted by molar-refractivity contribution is 6.11. The lowest BCUT2D eigenvalue weighted by molar-refractivity contribution is 0.103. The van der Waals surface area contributed by atoms with Gasteiger partial charge in [0.2, 0.25) is 0 Å². The number of carbonyl (C=O) groups excluding carboxylic acids is 1. The maximum Gasteiger partial charge on any atom is 0.252 e. The highest BCUT2D eigenvalue weighted by Gasteiger charge is 2.35. The molecule has 1 aliphatic heterocycles. The lowest BCUT2D eigenvalue weighted by Crippen LogP contribution is -2.44. The van der Waals surface area contributed by atoms with Crippen LogP contribution in [0.1, 0.15) is 55.5 Å². The summed E-state index contributed by atoms with van der Waals surface area (Å²) in [4.78, 5) is 25.4. The van der Waals surface area contributed by atoms with Crippen LogP contribution in [0, 0.1) is 11.2 Å². The normalized spacial score (nSPS) is 15.2. The molecule has 5 heteroatoms. The van der Waals surface area contributed by atoms with Crippen LogP contribution in [0.4, 0.5) is 10.2 Å². The van der Waals surface area contributed by atoms with Crippen molar-refractivity contribution in [2.75, 3.05) is 11.9 Å². The van der Waals surface area contributed by atoms with Gasteiger partial charge in [-0.1, -0.05) is 26.7 Å². The van der Waals surface area contributed by atoms with Gasteiger partial charge >= 0.3 is 0 Å². The molecule has 0 amide bonds. The second kappa shape index (κ2) is 7.44. The van der Waals surface area contributed by atoms with Crippen LogP contribution in [0.15, 0.2) is 41.2 Å². The smallest absolute Gasteiger partial charge is 0.252 e. The Morgan fingerprint density at radius 2 is 1.77 bits per heavy atom. The first-order chi connectivity index (χ1) is 12.5. The monoisotopic (exact) mass is 356 g/mol. The predicted octanol–water partition coefficient (Wildman–Crippen LogP) is 4.23. The van der Waals surface area contributed by atoms with Gasteiger partial charge in [0.15, 0.2) is 5.78 Å². The van der Waals surface area contributed by atoms with Crippen LogP contribution in [-0.2, 0) is 6.54 Å². The number of anilines is 1. The van der Waals surface area contributed by atoms with E-state index >= 15 is 0 Å². The number of ketones is 1. The second-order valence-electron chi connectivity index (χ2n) is 7.21. The van der Waals surface area contributed by atoms with E-state index in [0.29, 0.717) is 23.5 Å². The van der Waals surface area contributed by atoms with Crippen LogP contribution in [0.2, 0.25) is 0 Å². The Kier molecular flexibility index (Phi) is 5.25. The van der Waals surface area contributed by atoms with Crippen molar-refractivity contribution < 1.29 is 9.18 Å². The molecule has 1 aromatic heterocycles. The number of nitrogens with zero attached hydrogens (tertiary/aromatic N) is 1. The molecule has 2 aromatic rings. The van der Waals surface area contributed by atoms with E-state index in [0.717, 1.165) is 32.2 Å². The first-order valence-electron chi connectivity index (χ1n) is 9.27. The number of pyridine rings is 1. The summed E-state index contributed by atoms with van der Waals surface area (Å²) in [5, 5.41) is 3.36. The Bertz CT molecular complexity index is 849. The number of benzene rings is 1. The van der Waals surface area contributed by atoms with Crippen LogP contribution in [0.3, 0.4) is 0 Å². The van der Waals surface area contributed by atoms with E-state index in [-0.39, 0.29) is 22.6 Å². The van der Waals surface area contributed by atoms with Crippen LogP contribution >= 0.6 is 0 Å². The maximum atomic E-state index is 13.1. The topological polar surface area (TPSA) is 51.1 Å². The van der Waals surface area contributed by atoms with E-state index in [1.165, 1.54) is 30.3 Å². The lowest BCUT2D eigenvalue weighted by Gasteiger charge is -2.40. The van der Waals surface area contributed by atoms with Gasteiger partial charge in [-0.15, -0.1) is 0 Å². The summed E-state index contributed by atoms with van der Waals surface area (Å²) in [5.41, 5.74) is 0.809. The molecule has 0 saturated carbocycles. The first-order valence-corrected chi connectivity index (χ1v) is 9.27. The number of hydrogen-bond donors (Lipinski definition) is 1. The molecule has 4 nitrogen and oxygen atoms in total. The molecule has 0 bridgehead atoms. The Labute approximate surface area is 153 Å². The van der Waals surface area contributed by atoms with Gasteiger partial charge < -0.3 is 5.32 Å². The molecule has 2 heterocycles. The predicted molar refractivity (Wildman–Crippen MR) is 101 cm³/mol. The van der Waals surface area contributed by atoms with E-state index in [4.69, 9.17) is 0 Å². The third kappa shape index (κ3) is 3.43. The number of rotatable bonds is 6. The summed E-state index contributed by atoms with van der Waals surface area (Å²) in [7, 11) is 0. The van der Waals surface area contributed by atoms with E-state index in [1.807, 2.05) is 0 Å². The molecule has 0 atom stereocenters. The number of aromatic nitrogens is 1. The summed E-state index contributed by atoms with van der Waals surface area (Å²) in [6, 6.07) is 8.52. The first kappa shape index (κ1) is 18.4. The van der Waals surface area contributed by atoms with Crippen molar-refractivity contribution in [3.05, 3.63) is 63.7 Å². The fraction of sp³-hybridized carbons (Fsp3) is 0.429. The minimum Gasteiger partial charge on any atom is -0.370 e. The summed E-state index contributed by atoms with van der Waals surface area (Å²) in [6.45, 7) is 5.69. The highest BCUT2D eigenvalue weighted by Crippen LogP contribution is 2.37. The molecule has 1 N–H and O–H groups in total. The van der Waals surface area contributed by atoms with Gasteiger partial charge in [-0.25, -0.2) is 4.39 Å². The fourth-order valence-corrected chi connectivity index (χ4v) is 4.05. The van der Waals surface area contributed by atoms with Gasteiger partial charge in [-0.2, -0.15) is 0 Å². The number of hydrogen-bond acceptors (Lipinski definition) is 3. The average Bonchev–Trinajstić information content (AvgIpc) is 2.63. The number of halogens is 1. The Hall–Kier alpha value is -2.43. The SMILES string of the molecule is CCCC1(CCC)CNc2c(C(=O)c3ccc(F)cc3)ccc(=O)n2C1. The van der Waals surface area contributed by atoms with Gasteiger partial charge in [0.25, 0.3) is 5.56 Å². The van der Waals surface area contributed by atoms with Gasteiger partial charge in [0, 0.05) is 30.1 Å². The second-order valence-corrected chi connectivity index (χ2v) is 7.21. The van der Waals surface area contributed by atoms with Gasteiger partial charge in [-0.3, -0.25) is 14.2 Å². The van der Waals surface area contributed by atoms with Crippen molar-refractivity contribution in [1.82, 2.24) is 4.57 Å². The van der Waals surface area contributed by atoms with E-state index in [2.05, 4.69) is 19.2 Å². The molecule has 0 unspecified atom stereocenters. The third-order valence-electron chi connectivity index (χ3n) is 5.22. The van der Waals surface area contributed by atoms with E-state index < -0.39 is 0 Å². The van der Waals surface area contributed by atoms with Crippen molar-refractivity contribution in [1.29, 1.82) is 0 Å². The molecule has 138 valence electrons. The number of carbonyl (C=O) groups is 1. The molecule has 3 rings (SSSR count). The highest BCUT2D eigenvalue weighted by atomic mass is 19.1. The summed E-state index contributed by atoms with van der Waals surface area (Å²) in [6.07, 6.45) is 4.19. The molecule has 1 aliphatic rings. The summed E-state index contributed by atoms with van der Waals surface area (Å²) in [5.74, 6) is -0.00992. The molecule has 1 aromatic carbocycles. The van der Waals surface area contributed by atoms with Crippen molar-refractivity contribution in [3.8, 4) is 0 Å². The van der Waals surface area contributed by atoms with Crippen LogP contribution in [0.25, 0.3) is 0 Å². The molecule has 0 aliphatic carbocycles. The molecular formula is C21H25FN2O2. The zero-order valence-electron chi connectivity index (χ0n) is 15.3. The van der Waals surface area contributed by atoms with E-state index in [9.17, 15) is 14.0 Å². The van der Waals surface area contributed by atoms with Crippen LogP contribution in [-0.4, -0.2) is 16.9 Å². The van der Waals surface area contributed by atoms with Gasteiger partial charge in [0.1, 0.15) is 11.6 Å². The quantitative estimate of drug-likeness (QED) is 0.788. The fourth-order valence-electron chi connectivity index (χ4n) is 4.05. The summed E-state index contributed by atoms with van der Waals surface area (Å²) >= 11 is 0. The Morgan fingerprint density at radius 3 is 2.38 bits per heavy atom. The minimum absolute atomic E-state index is 0.0396. The largest absolute Gasteiger partial charge is 0.370 e. The number of nitrogens with one attached hydrogen (secondary N) is 1. The molecule has 0 saturated heterocycles. The van der Waals surface area contributed by atoms with Crippen molar-refractivity contribution in [3.63, 3.8) is 0 Å². The Balaban J connectivity index is 2.01. The molecule has 0 fully saturated rings. The van der Waals surface area contributed by atoms with Gasteiger partial charge in [-0.05, 0) is 43.2 Å². The molecule has 26 heavy (non-hydrogen) atoms. The average molecular weight is 356 g/mol. The molecular weight excluding hydrogens is 331 g/mol. The minimum atomic E-state index is -0.380.